The van der Waals surface area contributed by atoms with Gasteiger partial charge in [0.2, 0.25) is 0 Å². The molecule has 0 radical (unpaired) electrons. The Balaban J connectivity index is 2.42. The van der Waals surface area contributed by atoms with E-state index in [0.717, 1.165) is 19.6 Å². The van der Waals surface area contributed by atoms with Gasteiger partial charge in [-0.15, -0.1) is 0 Å². The van der Waals surface area contributed by atoms with Gasteiger partial charge < -0.3 is 9.47 Å². The summed E-state index contributed by atoms with van der Waals surface area (Å²) < 4.78 is 10.4. The van der Waals surface area contributed by atoms with Gasteiger partial charge in [-0.1, -0.05) is 0 Å². The van der Waals surface area contributed by atoms with E-state index in [1.54, 1.807) is 14.2 Å². The fraction of sp³-hybridized carbons (Fsp3) is 1.00. The fourth-order valence-electron chi connectivity index (χ4n) is 1.65. The first-order valence-corrected chi connectivity index (χ1v) is 4.01. The summed E-state index contributed by atoms with van der Waals surface area (Å²) in [7, 11) is 5.62. The molecule has 1 aliphatic heterocycles. The highest BCUT2D eigenvalue weighted by Gasteiger charge is 2.31. The van der Waals surface area contributed by atoms with Crippen LogP contribution in [0.5, 0.6) is 0 Å². The van der Waals surface area contributed by atoms with Crippen molar-refractivity contribution < 1.29 is 9.47 Å². The minimum Gasteiger partial charge on any atom is -0.383 e. The van der Waals surface area contributed by atoms with Gasteiger partial charge in [-0.3, -0.25) is 4.90 Å². The van der Waals surface area contributed by atoms with E-state index in [-0.39, 0.29) is 0 Å². The number of nitrogens with zero attached hydrogens (tertiary/aromatic N) is 1. The zero-order valence-electron chi connectivity index (χ0n) is 7.54. The average Bonchev–Trinajstić information content (AvgIpc) is 2.34. The first-order valence-electron chi connectivity index (χ1n) is 4.01. The quantitative estimate of drug-likeness (QED) is 0.593. The summed E-state index contributed by atoms with van der Waals surface area (Å²) in [6.07, 6.45) is 1.49. The molecule has 3 heteroatoms. The van der Waals surface area contributed by atoms with Crippen molar-refractivity contribution in [3.63, 3.8) is 0 Å². The second-order valence-electron chi connectivity index (χ2n) is 3.07. The maximum absolute atomic E-state index is 5.33. The van der Waals surface area contributed by atoms with E-state index in [2.05, 4.69) is 11.9 Å². The molecule has 0 aromatic carbocycles. The molecule has 3 nitrogen and oxygen atoms in total. The summed E-state index contributed by atoms with van der Waals surface area (Å²) in [4.78, 5) is 2.29. The zero-order valence-corrected chi connectivity index (χ0v) is 7.54. The third-order valence-electron chi connectivity index (χ3n) is 2.40. The maximum Gasteiger partial charge on any atom is 0.0761 e. The van der Waals surface area contributed by atoms with E-state index >= 15 is 0 Å². The van der Waals surface area contributed by atoms with Crippen molar-refractivity contribution in [1.82, 2.24) is 4.90 Å². The first kappa shape index (κ1) is 8.97. The van der Waals surface area contributed by atoms with Crippen molar-refractivity contribution >= 4 is 0 Å². The molecule has 0 bridgehead atoms. The highest BCUT2D eigenvalue weighted by Crippen LogP contribution is 2.18. The second kappa shape index (κ2) is 4.04. The van der Waals surface area contributed by atoms with Crippen molar-refractivity contribution in [1.29, 1.82) is 0 Å². The van der Waals surface area contributed by atoms with Crippen LogP contribution in [0.25, 0.3) is 0 Å². The van der Waals surface area contributed by atoms with E-state index in [9.17, 15) is 0 Å². The molecule has 11 heavy (non-hydrogen) atoms. The predicted molar refractivity (Wildman–Crippen MR) is 43.7 cm³/mol. The van der Waals surface area contributed by atoms with Crippen LogP contribution in [0.4, 0.5) is 0 Å². The number of likely N-dealkylation sites (tertiary alicyclic amines) is 1. The fourth-order valence-corrected chi connectivity index (χ4v) is 1.65. The number of methoxy groups -OCH3 is 2. The largest absolute Gasteiger partial charge is 0.383 e. The molecule has 2 unspecified atom stereocenters. The Kier molecular flexibility index (Phi) is 3.30. The number of rotatable bonds is 3. The highest BCUT2D eigenvalue weighted by molar-refractivity contribution is 4.85. The van der Waals surface area contributed by atoms with Gasteiger partial charge >= 0.3 is 0 Å². The molecule has 0 spiro atoms. The van der Waals surface area contributed by atoms with E-state index in [4.69, 9.17) is 9.47 Å². The van der Waals surface area contributed by atoms with Crippen molar-refractivity contribution in [2.24, 2.45) is 0 Å². The summed E-state index contributed by atoms with van der Waals surface area (Å²) >= 11 is 0. The van der Waals surface area contributed by atoms with Gasteiger partial charge in [-0.2, -0.15) is 0 Å². The molecule has 0 saturated carbocycles. The van der Waals surface area contributed by atoms with Gasteiger partial charge in [0.1, 0.15) is 0 Å². The van der Waals surface area contributed by atoms with E-state index in [1.807, 2.05) is 0 Å². The van der Waals surface area contributed by atoms with Crippen molar-refractivity contribution in [2.75, 3.05) is 34.4 Å². The standard InChI is InChI=1S/C8H17NO2/c1-9-5-4-8(11-3)7(9)6-10-2/h7-8H,4-6H2,1-3H3. The topological polar surface area (TPSA) is 21.7 Å². The third-order valence-corrected chi connectivity index (χ3v) is 2.40. The lowest BCUT2D eigenvalue weighted by molar-refractivity contribution is 0.0310. The minimum atomic E-state index is 0.361. The van der Waals surface area contributed by atoms with Gasteiger partial charge in [0.15, 0.2) is 0 Å². The molecule has 0 aromatic heterocycles. The highest BCUT2D eigenvalue weighted by atomic mass is 16.5. The molecule has 0 N–H and O–H groups in total. The summed E-state index contributed by atoms with van der Waals surface area (Å²) in [5.74, 6) is 0. The molecule has 1 saturated heterocycles. The summed E-state index contributed by atoms with van der Waals surface area (Å²) in [5, 5.41) is 0. The third kappa shape index (κ3) is 1.92. The van der Waals surface area contributed by atoms with Crippen molar-refractivity contribution in [3.8, 4) is 0 Å². The Morgan fingerprint density at radius 2 is 2.18 bits per heavy atom. The molecular weight excluding hydrogens is 142 g/mol. The molecule has 0 amide bonds. The van der Waals surface area contributed by atoms with Crippen LogP contribution >= 0.6 is 0 Å². The van der Waals surface area contributed by atoms with Crippen LogP contribution < -0.4 is 0 Å². The summed E-state index contributed by atoms with van der Waals surface area (Å²) in [6, 6.07) is 0.449. The molecule has 66 valence electrons. The number of likely N-dealkylation sites (N-methyl/N-ethyl adjacent to an activating group) is 1. The summed E-state index contributed by atoms with van der Waals surface area (Å²) in [5.41, 5.74) is 0. The zero-order chi connectivity index (χ0) is 8.27. The van der Waals surface area contributed by atoms with Crippen LogP contribution in [-0.2, 0) is 9.47 Å². The van der Waals surface area contributed by atoms with E-state index < -0.39 is 0 Å². The Morgan fingerprint density at radius 1 is 1.45 bits per heavy atom. The van der Waals surface area contributed by atoms with E-state index in [0.29, 0.717) is 12.1 Å². The van der Waals surface area contributed by atoms with Crippen LogP contribution in [0.1, 0.15) is 6.42 Å². The lowest BCUT2D eigenvalue weighted by Crippen LogP contribution is -2.37. The first-order chi connectivity index (χ1) is 5.29. The molecule has 2 atom stereocenters. The second-order valence-corrected chi connectivity index (χ2v) is 3.07. The number of ether oxygens (including phenoxy) is 2. The van der Waals surface area contributed by atoms with Crippen LogP contribution in [0.2, 0.25) is 0 Å². The Morgan fingerprint density at radius 3 is 2.73 bits per heavy atom. The normalized spacial score (nSPS) is 33.0. The maximum atomic E-state index is 5.33. The Hall–Kier alpha value is -0.120. The lowest BCUT2D eigenvalue weighted by Gasteiger charge is -2.22. The Labute approximate surface area is 68.3 Å². The average molecular weight is 159 g/mol. The minimum absolute atomic E-state index is 0.361. The molecule has 1 heterocycles. The molecule has 1 fully saturated rings. The molecular formula is C8H17NO2. The number of hydrogen-bond donors (Lipinski definition) is 0. The van der Waals surface area contributed by atoms with Gasteiger partial charge in [0, 0.05) is 20.8 Å². The molecule has 0 aliphatic carbocycles. The molecule has 1 aliphatic rings. The van der Waals surface area contributed by atoms with Crippen LogP contribution in [-0.4, -0.2) is 51.5 Å². The smallest absolute Gasteiger partial charge is 0.0761 e. The van der Waals surface area contributed by atoms with Crippen molar-refractivity contribution in [3.05, 3.63) is 0 Å². The lowest BCUT2D eigenvalue weighted by atomic mass is 10.2. The monoisotopic (exact) mass is 159 g/mol. The summed E-state index contributed by atoms with van der Waals surface area (Å²) in [6.45, 7) is 1.89. The molecule has 1 rings (SSSR count). The Bertz CT molecular complexity index is 119. The van der Waals surface area contributed by atoms with Crippen LogP contribution in [0.3, 0.4) is 0 Å². The van der Waals surface area contributed by atoms with E-state index in [1.165, 1.54) is 0 Å². The SMILES string of the molecule is COCC1C(OC)CCN1C. The predicted octanol–water partition coefficient (Wildman–Crippen LogP) is 0.352. The van der Waals surface area contributed by atoms with Crippen LogP contribution in [0.15, 0.2) is 0 Å². The van der Waals surface area contributed by atoms with Crippen molar-refractivity contribution in [2.45, 2.75) is 18.6 Å². The van der Waals surface area contributed by atoms with Gasteiger partial charge in [-0.25, -0.2) is 0 Å². The van der Waals surface area contributed by atoms with Crippen LogP contribution in [0, 0.1) is 0 Å². The molecule has 0 aromatic rings. The van der Waals surface area contributed by atoms with Gasteiger partial charge in [0.05, 0.1) is 18.8 Å². The number of hydrogen-bond acceptors (Lipinski definition) is 3. The van der Waals surface area contributed by atoms with Gasteiger partial charge in [-0.05, 0) is 13.5 Å². The van der Waals surface area contributed by atoms with Gasteiger partial charge in [0.25, 0.3) is 0 Å².